The Morgan fingerprint density at radius 3 is 1.59 bits per heavy atom. The zero-order valence-electron chi connectivity index (χ0n) is 38.9. The molecule has 0 bridgehead atoms. The SMILES string of the molecule is CC(C)S(=O)(=O)c1sccc1Nc1nc(Cl)ncc1Cl.COc1cc(N2CCOCC2)ccc1N.COc1cc(N2CCOCC2)ccc1Nc1ncc(Cl)c(Nc2ccsc2S(=O)(=O)C(C)C)n1.[I-]. The third-order valence-electron chi connectivity index (χ3n) is 10.4. The van der Waals surface area contributed by atoms with Crippen LogP contribution in [0.25, 0.3) is 0 Å². The molecule has 0 radical (unpaired) electrons. The monoisotopic (exact) mass is 1210 g/mol. The zero-order valence-corrected chi connectivity index (χ0v) is 46.6. The fourth-order valence-corrected chi connectivity index (χ4v) is 12.3. The van der Waals surface area contributed by atoms with E-state index in [1.54, 1.807) is 64.8 Å². The van der Waals surface area contributed by atoms with Gasteiger partial charge in [0, 0.05) is 49.7 Å². The molecule has 0 atom stereocenters. The van der Waals surface area contributed by atoms with Crippen LogP contribution < -0.4 is 64.9 Å². The van der Waals surface area contributed by atoms with Crippen molar-refractivity contribution in [2.45, 2.75) is 46.6 Å². The molecule has 6 aromatic rings. The fourth-order valence-electron chi connectivity index (χ4n) is 6.49. The van der Waals surface area contributed by atoms with E-state index in [0.29, 0.717) is 47.5 Å². The van der Waals surface area contributed by atoms with Gasteiger partial charge in [0.05, 0.1) is 86.3 Å². The maximum Gasteiger partial charge on any atom is 0.229 e. The van der Waals surface area contributed by atoms with Crippen LogP contribution in [-0.2, 0) is 29.1 Å². The van der Waals surface area contributed by atoms with Gasteiger partial charge in [-0.15, -0.1) is 22.7 Å². The number of anilines is 9. The third kappa shape index (κ3) is 14.5. The summed E-state index contributed by atoms with van der Waals surface area (Å²) in [4.78, 5) is 20.9. The van der Waals surface area contributed by atoms with Gasteiger partial charge in [0.2, 0.25) is 11.2 Å². The van der Waals surface area contributed by atoms with Crippen molar-refractivity contribution in [1.82, 2.24) is 19.9 Å². The number of nitrogens with two attached hydrogens (primary N) is 1. The van der Waals surface area contributed by atoms with Crippen LogP contribution in [0.4, 0.5) is 51.7 Å². The van der Waals surface area contributed by atoms with E-state index in [9.17, 15) is 16.8 Å². The van der Waals surface area contributed by atoms with Gasteiger partial charge in [-0.3, -0.25) is 0 Å². The number of benzene rings is 2. The number of methoxy groups -OCH3 is 2. The number of aromatic nitrogens is 4. The number of halogens is 4. The van der Waals surface area contributed by atoms with Crippen molar-refractivity contribution in [1.29, 1.82) is 0 Å². The number of morpholine rings is 2. The summed E-state index contributed by atoms with van der Waals surface area (Å²) >= 11 is 20.3. The van der Waals surface area contributed by atoms with Crippen LogP contribution in [0, 0.1) is 0 Å². The molecular formula is C44H53Cl3IN10O8S4-. The standard InChI is InChI=1S/C22H26ClN5O4S2.C11H11Cl2N3O2S2.C11H16N2O2.HI/c1-14(2)34(29,30)21-18(6-11-33-21)25-20-16(23)13-24-22(27-20)26-17-5-4-15(12-19(17)31-3)28-7-9-32-10-8-28;1-6(2)20(17,18)10-8(3-4-19-10)15-9-7(12)5-14-11(13)16-9;1-14-11-8-9(2-3-10(11)12)13-4-6-15-7-5-13;/h4-6,11-14H,7-10H2,1-3H3,(H2,24,25,26,27);3-6H,1-2H3,(H,14,15,16);2-3,8H,4-7,12H2,1H3;1H/p-1. The second-order valence-electron chi connectivity index (χ2n) is 15.5. The Labute approximate surface area is 448 Å². The van der Waals surface area contributed by atoms with E-state index in [-0.39, 0.29) is 59.5 Å². The quantitative estimate of drug-likeness (QED) is 0.0512. The molecule has 26 heteroatoms. The van der Waals surface area contributed by atoms with Gasteiger partial charge in [-0.2, -0.15) is 9.97 Å². The smallest absolute Gasteiger partial charge is 0.229 e. The lowest BCUT2D eigenvalue weighted by atomic mass is 10.2. The van der Waals surface area contributed by atoms with Crippen molar-refractivity contribution in [3.05, 3.63) is 87.0 Å². The molecule has 2 fully saturated rings. The Bertz CT molecular complexity index is 2900. The molecule has 18 nitrogen and oxygen atoms in total. The maximum absolute atomic E-state index is 12.7. The number of thiophene rings is 2. The first-order valence-electron chi connectivity index (χ1n) is 21.3. The molecule has 4 aromatic heterocycles. The highest BCUT2D eigenvalue weighted by molar-refractivity contribution is 7.94. The van der Waals surface area contributed by atoms with Gasteiger partial charge in [0.15, 0.2) is 31.3 Å². The molecule has 0 saturated carbocycles. The molecule has 8 rings (SSSR count). The number of nitrogens with one attached hydrogen (secondary N) is 3. The summed E-state index contributed by atoms with van der Waals surface area (Å²) in [6, 6.07) is 15.1. The van der Waals surface area contributed by atoms with Gasteiger partial charge in [0.25, 0.3) is 0 Å². The van der Waals surface area contributed by atoms with Crippen molar-refractivity contribution in [2.24, 2.45) is 0 Å². The van der Waals surface area contributed by atoms with E-state index < -0.39 is 30.2 Å². The minimum Gasteiger partial charge on any atom is -1.00 e. The van der Waals surface area contributed by atoms with Gasteiger partial charge in [-0.25, -0.2) is 26.8 Å². The van der Waals surface area contributed by atoms with Crippen LogP contribution in [0.1, 0.15) is 27.7 Å². The highest BCUT2D eigenvalue weighted by atomic mass is 127. The summed E-state index contributed by atoms with van der Waals surface area (Å²) in [5.41, 5.74) is 10.2. The summed E-state index contributed by atoms with van der Waals surface area (Å²) in [7, 11) is -3.59. The molecule has 2 aliphatic rings. The summed E-state index contributed by atoms with van der Waals surface area (Å²) in [6.07, 6.45) is 2.80. The molecule has 0 spiro atoms. The number of sulfone groups is 2. The Morgan fingerprint density at radius 2 is 1.10 bits per heavy atom. The minimum atomic E-state index is -3.45. The Morgan fingerprint density at radius 1 is 0.643 bits per heavy atom. The number of nitrogens with zero attached hydrogens (tertiary/aromatic N) is 6. The van der Waals surface area contributed by atoms with E-state index in [2.05, 4.69) is 45.7 Å². The summed E-state index contributed by atoms with van der Waals surface area (Å²) in [5.74, 6) is 2.22. The molecule has 0 amide bonds. The van der Waals surface area contributed by atoms with Crippen molar-refractivity contribution < 1.29 is 59.8 Å². The van der Waals surface area contributed by atoms with Crippen LogP contribution in [0.15, 0.2) is 80.1 Å². The first-order valence-corrected chi connectivity index (χ1v) is 27.3. The summed E-state index contributed by atoms with van der Waals surface area (Å²) in [5, 5.41) is 12.0. The lowest BCUT2D eigenvalue weighted by molar-refractivity contribution is -0.0000206. The van der Waals surface area contributed by atoms with E-state index in [0.717, 1.165) is 79.2 Å². The molecule has 0 aliphatic carbocycles. The van der Waals surface area contributed by atoms with Crippen molar-refractivity contribution in [3.8, 4) is 11.5 Å². The average molecular weight is 1210 g/mol. The topological polar surface area (TPSA) is 225 Å². The molecule has 70 heavy (non-hydrogen) atoms. The fraction of sp³-hybridized carbons (Fsp3) is 0.364. The third-order valence-corrected chi connectivity index (χ3v) is 18.5. The first kappa shape index (κ1) is 56.7. The van der Waals surface area contributed by atoms with Crippen molar-refractivity contribution in [2.75, 3.05) is 98.3 Å². The van der Waals surface area contributed by atoms with Crippen LogP contribution in [0.3, 0.4) is 0 Å². The maximum atomic E-state index is 12.7. The van der Waals surface area contributed by atoms with Crippen LogP contribution in [0.2, 0.25) is 15.3 Å². The van der Waals surface area contributed by atoms with Crippen LogP contribution in [0.5, 0.6) is 11.5 Å². The second-order valence-corrected chi connectivity index (χ2v) is 23.9. The molecule has 2 saturated heterocycles. The molecule has 2 aromatic carbocycles. The van der Waals surface area contributed by atoms with E-state index >= 15 is 0 Å². The summed E-state index contributed by atoms with van der Waals surface area (Å²) in [6.45, 7) is 13.0. The van der Waals surface area contributed by atoms with Gasteiger partial charge in [-0.05, 0) is 86.5 Å². The number of hydrogen-bond acceptors (Lipinski definition) is 20. The largest absolute Gasteiger partial charge is 1.00 e. The zero-order chi connectivity index (χ0) is 49.9. The van der Waals surface area contributed by atoms with E-state index in [1.165, 1.54) is 12.4 Å². The van der Waals surface area contributed by atoms with Crippen molar-refractivity contribution >= 4 is 129 Å². The lowest BCUT2D eigenvalue weighted by Crippen LogP contribution is -3.00. The number of hydrogen-bond donors (Lipinski definition) is 4. The normalized spacial score (nSPS) is 13.9. The minimum absolute atomic E-state index is 0. The number of rotatable bonds is 14. The van der Waals surface area contributed by atoms with Gasteiger partial charge < -0.3 is 74.4 Å². The summed E-state index contributed by atoms with van der Waals surface area (Å²) < 4.78 is 71.8. The molecular weight excluding hydrogens is 1160 g/mol. The van der Waals surface area contributed by atoms with Gasteiger partial charge in [0.1, 0.15) is 30.0 Å². The highest BCUT2D eigenvalue weighted by Crippen LogP contribution is 2.37. The number of nitrogen functional groups attached to an aromatic ring is 1. The Balaban J connectivity index is 0.000000214. The number of ether oxygens (including phenoxy) is 4. The average Bonchev–Trinajstić information content (AvgIpc) is 4.03. The van der Waals surface area contributed by atoms with Crippen molar-refractivity contribution in [3.63, 3.8) is 0 Å². The first-order chi connectivity index (χ1) is 32.9. The van der Waals surface area contributed by atoms with Gasteiger partial charge in [-0.1, -0.05) is 23.2 Å². The van der Waals surface area contributed by atoms with Gasteiger partial charge >= 0.3 is 0 Å². The predicted octanol–water partition coefficient (Wildman–Crippen LogP) is 6.59. The molecule has 380 valence electrons. The van der Waals surface area contributed by atoms with Crippen LogP contribution in [-0.4, -0.2) is 114 Å². The Hall–Kier alpha value is -4.18. The van der Waals surface area contributed by atoms with E-state index in [1.807, 2.05) is 36.4 Å². The Kier molecular flexibility index (Phi) is 21.0. The molecule has 5 N–H and O–H groups in total. The van der Waals surface area contributed by atoms with E-state index in [4.69, 9.17) is 59.5 Å². The lowest BCUT2D eigenvalue weighted by Gasteiger charge is -2.29. The highest BCUT2D eigenvalue weighted by Gasteiger charge is 2.26. The molecule has 2 aliphatic heterocycles. The van der Waals surface area contributed by atoms with Crippen LogP contribution >= 0.6 is 57.5 Å². The molecule has 0 unspecified atom stereocenters. The second kappa shape index (κ2) is 26.0. The molecule has 6 heterocycles. The predicted molar refractivity (Wildman–Crippen MR) is 279 cm³/mol.